The van der Waals surface area contributed by atoms with Crippen molar-refractivity contribution in [1.82, 2.24) is 0 Å². The molecular weight excluding hydrogens is 298 g/mol. The van der Waals surface area contributed by atoms with Gasteiger partial charge in [-0.05, 0) is 28.9 Å². The fourth-order valence-electron chi connectivity index (χ4n) is 1.91. The van der Waals surface area contributed by atoms with E-state index in [1.54, 1.807) is 6.92 Å². The van der Waals surface area contributed by atoms with E-state index < -0.39 is 11.5 Å². The van der Waals surface area contributed by atoms with Gasteiger partial charge in [-0.25, -0.2) is 0 Å². The SMILES string of the molecule is COC(=O)[C@@](C)(N)Cc1c(Br)oc2ccccc12. The lowest BCUT2D eigenvalue weighted by molar-refractivity contribution is -0.146. The summed E-state index contributed by atoms with van der Waals surface area (Å²) in [7, 11) is 1.33. The molecule has 5 heteroatoms. The summed E-state index contributed by atoms with van der Waals surface area (Å²) in [6, 6.07) is 7.62. The summed E-state index contributed by atoms with van der Waals surface area (Å²) in [5, 5.41) is 0.949. The van der Waals surface area contributed by atoms with Crippen LogP contribution in [0, 0.1) is 0 Å². The average molecular weight is 312 g/mol. The first-order valence-corrected chi connectivity index (χ1v) is 6.28. The van der Waals surface area contributed by atoms with Crippen LogP contribution >= 0.6 is 15.9 Å². The van der Waals surface area contributed by atoms with Crippen LogP contribution in [0.1, 0.15) is 12.5 Å². The number of hydrogen-bond donors (Lipinski definition) is 1. The predicted octanol–water partition coefficient (Wildman–Crippen LogP) is 2.63. The van der Waals surface area contributed by atoms with Crippen molar-refractivity contribution in [1.29, 1.82) is 0 Å². The third-order valence-corrected chi connectivity index (χ3v) is 3.49. The Morgan fingerprint density at radius 1 is 1.50 bits per heavy atom. The zero-order chi connectivity index (χ0) is 13.3. The van der Waals surface area contributed by atoms with Gasteiger partial charge in [-0.2, -0.15) is 0 Å². The fourth-order valence-corrected chi connectivity index (χ4v) is 2.43. The van der Waals surface area contributed by atoms with Gasteiger partial charge in [0.15, 0.2) is 4.67 Å². The van der Waals surface area contributed by atoms with E-state index in [1.165, 1.54) is 7.11 Å². The maximum atomic E-state index is 11.6. The monoisotopic (exact) mass is 311 g/mol. The highest BCUT2D eigenvalue weighted by molar-refractivity contribution is 9.10. The third kappa shape index (κ3) is 2.28. The van der Waals surface area contributed by atoms with E-state index in [4.69, 9.17) is 14.9 Å². The summed E-state index contributed by atoms with van der Waals surface area (Å²) in [5.41, 5.74) is 6.55. The van der Waals surface area contributed by atoms with Crippen LogP contribution in [0.5, 0.6) is 0 Å². The minimum Gasteiger partial charge on any atom is -0.468 e. The van der Waals surface area contributed by atoms with Gasteiger partial charge in [0.25, 0.3) is 0 Å². The summed E-state index contributed by atoms with van der Waals surface area (Å²) in [6.45, 7) is 1.65. The van der Waals surface area contributed by atoms with Crippen LogP contribution in [0.15, 0.2) is 33.4 Å². The average Bonchev–Trinajstić information content (AvgIpc) is 2.65. The van der Waals surface area contributed by atoms with Gasteiger partial charge >= 0.3 is 5.97 Å². The van der Waals surface area contributed by atoms with Crippen LogP contribution in [0.4, 0.5) is 0 Å². The first-order valence-electron chi connectivity index (χ1n) is 5.49. The number of nitrogens with two attached hydrogens (primary N) is 1. The molecule has 1 heterocycles. The van der Waals surface area contributed by atoms with Gasteiger partial charge in [0.05, 0.1) is 7.11 Å². The lowest BCUT2D eigenvalue weighted by Crippen LogP contribution is -2.47. The van der Waals surface area contributed by atoms with Gasteiger partial charge in [0, 0.05) is 17.4 Å². The van der Waals surface area contributed by atoms with Crippen LogP contribution in [0.25, 0.3) is 11.0 Å². The molecule has 1 aromatic heterocycles. The van der Waals surface area contributed by atoms with E-state index >= 15 is 0 Å². The van der Waals surface area contributed by atoms with E-state index in [2.05, 4.69) is 15.9 Å². The summed E-state index contributed by atoms with van der Waals surface area (Å²) in [5.74, 6) is -0.445. The Morgan fingerprint density at radius 3 is 2.83 bits per heavy atom. The van der Waals surface area contributed by atoms with Crippen molar-refractivity contribution < 1.29 is 13.9 Å². The third-order valence-electron chi connectivity index (χ3n) is 2.84. The number of benzene rings is 1. The highest BCUT2D eigenvalue weighted by atomic mass is 79.9. The molecule has 2 rings (SSSR count). The molecule has 18 heavy (non-hydrogen) atoms. The molecule has 96 valence electrons. The van der Waals surface area contributed by atoms with Gasteiger partial charge in [-0.3, -0.25) is 4.79 Å². The number of carbonyl (C=O) groups excluding carboxylic acids is 1. The first-order chi connectivity index (χ1) is 8.45. The molecule has 0 radical (unpaired) electrons. The van der Waals surface area contributed by atoms with E-state index in [-0.39, 0.29) is 0 Å². The van der Waals surface area contributed by atoms with E-state index in [1.807, 2.05) is 24.3 Å². The number of ether oxygens (including phenoxy) is 1. The van der Waals surface area contributed by atoms with Crippen molar-refractivity contribution in [2.75, 3.05) is 7.11 Å². The predicted molar refractivity (Wildman–Crippen MR) is 72.2 cm³/mol. The van der Waals surface area contributed by atoms with Gasteiger partial charge in [-0.1, -0.05) is 18.2 Å². The lowest BCUT2D eigenvalue weighted by Gasteiger charge is -2.20. The van der Waals surface area contributed by atoms with Gasteiger partial charge in [0.2, 0.25) is 0 Å². The standard InChI is InChI=1S/C13H14BrNO3/c1-13(15,12(16)17-2)7-9-8-5-3-4-6-10(8)18-11(9)14/h3-6H,7,15H2,1-2H3/t13-/m0/s1. The molecule has 0 aliphatic carbocycles. The normalized spacial score (nSPS) is 14.4. The number of hydrogen-bond acceptors (Lipinski definition) is 4. The topological polar surface area (TPSA) is 65.5 Å². The molecule has 0 spiro atoms. The number of carbonyl (C=O) groups is 1. The number of halogens is 1. The molecule has 0 unspecified atom stereocenters. The largest absolute Gasteiger partial charge is 0.468 e. The molecule has 4 nitrogen and oxygen atoms in total. The molecule has 0 saturated heterocycles. The minimum atomic E-state index is -1.08. The van der Waals surface area contributed by atoms with Crippen LogP contribution in [0.2, 0.25) is 0 Å². The number of fused-ring (bicyclic) bond motifs is 1. The molecule has 0 saturated carbocycles. The molecule has 0 bridgehead atoms. The number of furan rings is 1. The van der Waals surface area contributed by atoms with Crippen LogP contribution in [-0.4, -0.2) is 18.6 Å². The second-order valence-electron chi connectivity index (χ2n) is 4.44. The Morgan fingerprint density at radius 2 is 2.17 bits per heavy atom. The van der Waals surface area contributed by atoms with Crippen molar-refractivity contribution in [2.24, 2.45) is 5.73 Å². The molecule has 1 atom stereocenters. The molecule has 2 aromatic rings. The number of rotatable bonds is 3. The van der Waals surface area contributed by atoms with Crippen molar-refractivity contribution in [3.8, 4) is 0 Å². The molecule has 1 aromatic carbocycles. The van der Waals surface area contributed by atoms with E-state index in [0.717, 1.165) is 16.5 Å². The van der Waals surface area contributed by atoms with E-state index in [9.17, 15) is 4.79 Å². The van der Waals surface area contributed by atoms with Gasteiger partial charge in [-0.15, -0.1) is 0 Å². The van der Waals surface area contributed by atoms with Crippen molar-refractivity contribution in [2.45, 2.75) is 18.9 Å². The van der Waals surface area contributed by atoms with Crippen molar-refractivity contribution in [3.63, 3.8) is 0 Å². The molecular formula is C13H14BrNO3. The Kier molecular flexibility index (Phi) is 3.45. The summed E-state index contributed by atoms with van der Waals surface area (Å²) >= 11 is 3.36. The highest BCUT2D eigenvalue weighted by Gasteiger charge is 2.32. The number of esters is 1. The van der Waals surface area contributed by atoms with E-state index in [0.29, 0.717) is 11.1 Å². The van der Waals surface area contributed by atoms with Crippen molar-refractivity contribution in [3.05, 3.63) is 34.5 Å². The molecule has 0 aliphatic rings. The second-order valence-corrected chi connectivity index (χ2v) is 5.16. The Balaban J connectivity index is 2.43. The smallest absolute Gasteiger partial charge is 0.325 e. The summed E-state index contributed by atoms with van der Waals surface area (Å²) < 4.78 is 10.9. The summed E-state index contributed by atoms with van der Waals surface area (Å²) in [6.07, 6.45) is 0.345. The quantitative estimate of drug-likeness (QED) is 0.885. The molecule has 0 fully saturated rings. The maximum absolute atomic E-state index is 11.6. The fraction of sp³-hybridized carbons (Fsp3) is 0.308. The zero-order valence-electron chi connectivity index (χ0n) is 10.2. The number of para-hydroxylation sites is 1. The Labute approximate surface area is 113 Å². The Hall–Kier alpha value is -1.33. The molecule has 2 N–H and O–H groups in total. The van der Waals surface area contributed by atoms with Gasteiger partial charge < -0.3 is 14.9 Å². The minimum absolute atomic E-state index is 0.345. The zero-order valence-corrected chi connectivity index (χ0v) is 11.8. The summed E-state index contributed by atoms with van der Waals surface area (Å²) in [4.78, 5) is 11.6. The van der Waals surface area contributed by atoms with Gasteiger partial charge in [0.1, 0.15) is 11.1 Å². The Bertz CT molecular complexity index is 589. The van der Waals surface area contributed by atoms with Crippen LogP contribution in [-0.2, 0) is 16.0 Å². The molecule has 0 aliphatic heterocycles. The molecule has 0 amide bonds. The van der Waals surface area contributed by atoms with Crippen LogP contribution in [0.3, 0.4) is 0 Å². The first kappa shape index (κ1) is 13.1. The highest BCUT2D eigenvalue weighted by Crippen LogP contribution is 2.32. The second kappa shape index (κ2) is 4.74. The van der Waals surface area contributed by atoms with Crippen LogP contribution < -0.4 is 5.73 Å². The lowest BCUT2D eigenvalue weighted by atomic mass is 9.94. The van der Waals surface area contributed by atoms with Crippen molar-refractivity contribution >= 4 is 32.9 Å². The number of methoxy groups -OCH3 is 1. The maximum Gasteiger partial charge on any atom is 0.325 e.